The van der Waals surface area contributed by atoms with E-state index in [9.17, 15) is 19.5 Å². The van der Waals surface area contributed by atoms with E-state index < -0.39 is 11.9 Å². The van der Waals surface area contributed by atoms with Gasteiger partial charge in [0.05, 0.1) is 47.5 Å². The summed E-state index contributed by atoms with van der Waals surface area (Å²) in [7, 11) is 2.71. The van der Waals surface area contributed by atoms with Gasteiger partial charge in [-0.25, -0.2) is 29.3 Å². The minimum atomic E-state index is -0.970. The Hall–Kier alpha value is -9.14. The second-order valence-corrected chi connectivity index (χ2v) is 15.4. The van der Waals surface area contributed by atoms with Crippen molar-refractivity contribution in [2.24, 2.45) is 0 Å². The summed E-state index contributed by atoms with van der Waals surface area (Å²) >= 11 is 6.15. The van der Waals surface area contributed by atoms with Crippen LogP contribution in [0, 0.1) is 0 Å². The van der Waals surface area contributed by atoms with Crippen molar-refractivity contribution in [1.29, 1.82) is 0 Å². The van der Waals surface area contributed by atoms with Gasteiger partial charge < -0.3 is 25.2 Å². The van der Waals surface area contributed by atoms with Gasteiger partial charge >= 0.3 is 17.9 Å². The number of carbonyl (C=O) groups is 3. The van der Waals surface area contributed by atoms with Crippen molar-refractivity contribution >= 4 is 118 Å². The van der Waals surface area contributed by atoms with Gasteiger partial charge in [0.1, 0.15) is 16.8 Å². The third kappa shape index (κ3) is 9.20. The molecule has 6 aromatic heterocycles. The summed E-state index contributed by atoms with van der Waals surface area (Å²) in [5, 5.41) is 24.5. The van der Waals surface area contributed by atoms with E-state index >= 15 is 0 Å². The molecule has 0 aliphatic rings. The molecular weight excluding hydrogens is 880 g/mol. The third-order valence-electron chi connectivity index (χ3n) is 10.9. The number of benzene rings is 5. The highest BCUT2D eigenvalue weighted by Gasteiger charge is 2.15. The van der Waals surface area contributed by atoms with E-state index in [-0.39, 0.29) is 11.5 Å². The number of ether oxygens (including phenoxy) is 2. The van der Waals surface area contributed by atoms with Crippen LogP contribution < -0.4 is 10.6 Å². The normalized spacial score (nSPS) is 10.8. The van der Waals surface area contributed by atoms with Gasteiger partial charge in [-0.2, -0.15) is 0 Å². The van der Waals surface area contributed by atoms with Crippen molar-refractivity contribution in [2.45, 2.75) is 0 Å². The summed E-state index contributed by atoms with van der Waals surface area (Å²) in [6.45, 7) is 0. The van der Waals surface area contributed by atoms with Crippen molar-refractivity contribution in [3.05, 3.63) is 192 Å². The number of rotatable bonds is 7. The van der Waals surface area contributed by atoms with Gasteiger partial charge in [0.2, 0.25) is 0 Å². The number of nitrogens with zero attached hydrogens (tertiary/aromatic N) is 6. The molecule has 11 rings (SSSR count). The van der Waals surface area contributed by atoms with Gasteiger partial charge in [0.15, 0.2) is 0 Å². The second kappa shape index (κ2) is 19.5. The number of esters is 2. The highest BCUT2D eigenvalue weighted by molar-refractivity contribution is 6.35. The Labute approximate surface area is 392 Å². The number of hydrogen-bond acceptors (Lipinski definition) is 13. The van der Waals surface area contributed by atoms with E-state index in [1.54, 1.807) is 73.4 Å². The lowest BCUT2D eigenvalue weighted by Crippen LogP contribution is -2.02. The van der Waals surface area contributed by atoms with Crippen molar-refractivity contribution in [3.63, 3.8) is 0 Å². The van der Waals surface area contributed by atoms with E-state index in [0.29, 0.717) is 38.6 Å². The van der Waals surface area contributed by atoms with Crippen LogP contribution in [0.1, 0.15) is 31.1 Å². The van der Waals surface area contributed by atoms with E-state index in [1.165, 1.54) is 14.2 Å². The largest absolute Gasteiger partial charge is 0.478 e. The monoisotopic (exact) mass is 916 g/mol. The average molecular weight is 917 g/mol. The Bertz CT molecular complexity index is 3710. The molecule has 14 nitrogen and oxygen atoms in total. The predicted octanol–water partition coefficient (Wildman–Crippen LogP) is 11.8. The van der Waals surface area contributed by atoms with E-state index in [1.807, 2.05) is 97.2 Å². The Morgan fingerprint density at radius 3 is 1.26 bits per heavy atom. The van der Waals surface area contributed by atoms with Crippen LogP contribution in [0.25, 0.3) is 65.0 Å². The minimum absolute atomic E-state index is 0.212. The number of hydrogen-bond donors (Lipinski definition) is 3. The topological polar surface area (TPSA) is 191 Å². The van der Waals surface area contributed by atoms with Crippen molar-refractivity contribution in [1.82, 2.24) is 29.9 Å². The number of carboxylic acid groups (broad SMARTS) is 1. The summed E-state index contributed by atoms with van der Waals surface area (Å²) in [5.41, 5.74) is 4.96. The first-order valence-electron chi connectivity index (χ1n) is 20.9. The number of pyridine rings is 6. The Balaban J connectivity index is 0.000000129. The number of methoxy groups -OCH3 is 2. The summed E-state index contributed by atoms with van der Waals surface area (Å²) in [5.74, 6) is -0.354. The van der Waals surface area contributed by atoms with Crippen LogP contribution in [0.4, 0.5) is 23.0 Å². The molecule has 0 radical (unpaired) electrons. The van der Waals surface area contributed by atoms with E-state index in [4.69, 9.17) is 26.1 Å². The molecule has 0 aliphatic heterocycles. The zero-order valence-corrected chi connectivity index (χ0v) is 37.0. The molecule has 0 unspecified atom stereocenters. The van der Waals surface area contributed by atoms with Crippen LogP contribution in [-0.4, -0.2) is 67.1 Å². The molecule has 0 aliphatic carbocycles. The molecule has 15 heteroatoms. The lowest BCUT2D eigenvalue weighted by atomic mass is 10.1. The predicted molar refractivity (Wildman–Crippen MR) is 265 cm³/mol. The summed E-state index contributed by atoms with van der Waals surface area (Å²) in [6.07, 6.45) is 10.5. The fraction of sp³-hybridized carbons (Fsp3) is 0.0377. The molecular formula is C53H37ClN8O6. The summed E-state index contributed by atoms with van der Waals surface area (Å²) in [6, 6.07) is 40.7. The molecule has 0 saturated heterocycles. The number of anilines is 4. The van der Waals surface area contributed by atoms with Crippen LogP contribution in [0.2, 0.25) is 5.15 Å². The first kappa shape index (κ1) is 44.1. The van der Waals surface area contributed by atoms with Crippen LogP contribution in [0.3, 0.4) is 0 Å². The third-order valence-corrected chi connectivity index (χ3v) is 11.2. The number of carboxylic acids is 1. The van der Waals surface area contributed by atoms with Crippen LogP contribution in [0.15, 0.2) is 171 Å². The smallest absolute Gasteiger partial charge is 0.337 e. The van der Waals surface area contributed by atoms with Crippen molar-refractivity contribution in [2.75, 3.05) is 24.9 Å². The van der Waals surface area contributed by atoms with Crippen molar-refractivity contribution in [3.8, 4) is 0 Å². The molecule has 6 heterocycles. The number of halogens is 1. The van der Waals surface area contributed by atoms with E-state index in [2.05, 4.69) is 35.6 Å². The summed E-state index contributed by atoms with van der Waals surface area (Å²) < 4.78 is 9.49. The standard InChI is InChI=1S/C20H15N3O2.C19H13N3O2.C14H9ClN2O2/c1-25-20(24)13-7-8-15-17-12-21-10-9-16(17)19(23-18(15)11-13)22-14-5-3-2-4-6-14;23-19(24)12-6-7-14-16-11-20-9-8-15(16)18(22-17(14)10-12)21-13-4-2-1-3-5-13;1-19-14(18)8-2-3-9-11-7-16-5-4-10(11)13(15)17-12(9)6-8/h2-12H,1H3,(H,22,23);1-11H,(H,21,22)(H,23,24);2-7H,1H3. The molecule has 332 valence electrons. The zero-order chi connectivity index (χ0) is 47.1. The fourth-order valence-electron chi connectivity index (χ4n) is 7.63. The van der Waals surface area contributed by atoms with Gasteiger partial charge in [0, 0.05) is 97.0 Å². The van der Waals surface area contributed by atoms with Gasteiger partial charge in [-0.3, -0.25) is 15.0 Å². The van der Waals surface area contributed by atoms with Gasteiger partial charge in [0.25, 0.3) is 0 Å². The molecule has 5 aromatic carbocycles. The lowest BCUT2D eigenvalue weighted by molar-refractivity contribution is 0.0592. The minimum Gasteiger partial charge on any atom is -0.478 e. The number of fused-ring (bicyclic) bond motifs is 9. The molecule has 3 N–H and O–H groups in total. The highest BCUT2D eigenvalue weighted by Crippen LogP contribution is 2.33. The number of carbonyl (C=O) groups excluding carboxylic acids is 2. The first-order chi connectivity index (χ1) is 33.2. The zero-order valence-electron chi connectivity index (χ0n) is 36.2. The second-order valence-electron chi connectivity index (χ2n) is 15.1. The van der Waals surface area contributed by atoms with Crippen LogP contribution in [-0.2, 0) is 9.47 Å². The quantitative estimate of drug-likeness (QED) is 0.0777. The van der Waals surface area contributed by atoms with Crippen LogP contribution in [0.5, 0.6) is 0 Å². The Morgan fingerprint density at radius 1 is 0.456 bits per heavy atom. The maximum Gasteiger partial charge on any atom is 0.337 e. The molecule has 0 saturated carbocycles. The molecule has 68 heavy (non-hydrogen) atoms. The maximum absolute atomic E-state index is 11.8. The number of aromatic carboxylic acids is 1. The van der Waals surface area contributed by atoms with Gasteiger partial charge in [-0.05, 0) is 78.9 Å². The number of para-hydroxylation sites is 2. The molecule has 0 spiro atoms. The molecule has 11 aromatic rings. The molecule has 0 fully saturated rings. The molecule has 0 amide bonds. The van der Waals surface area contributed by atoms with Gasteiger partial charge in [-0.15, -0.1) is 0 Å². The van der Waals surface area contributed by atoms with Crippen LogP contribution >= 0.6 is 11.6 Å². The fourth-order valence-corrected chi connectivity index (χ4v) is 7.89. The molecule has 0 bridgehead atoms. The number of aromatic nitrogens is 6. The SMILES string of the molecule is COC(=O)c1ccc2c(c1)nc(Cl)c1ccncc12.COC(=O)c1ccc2c(c1)nc(Nc1ccccc1)c1ccncc12.O=C(O)c1ccc2c(c1)nc(Nc1ccccc1)c1ccncc12. The summed E-state index contributed by atoms with van der Waals surface area (Å²) in [4.78, 5) is 60.8. The lowest BCUT2D eigenvalue weighted by Gasteiger charge is -2.12. The van der Waals surface area contributed by atoms with Gasteiger partial charge in [-0.1, -0.05) is 66.2 Å². The van der Waals surface area contributed by atoms with Crippen molar-refractivity contribution < 1.29 is 29.0 Å². The highest BCUT2D eigenvalue weighted by atomic mass is 35.5. The maximum atomic E-state index is 11.8. The molecule has 0 atom stereocenters. The Kier molecular flexibility index (Phi) is 12.7. The Morgan fingerprint density at radius 2 is 0.838 bits per heavy atom. The van der Waals surface area contributed by atoms with E-state index in [0.717, 1.165) is 65.7 Å². The average Bonchev–Trinajstić information content (AvgIpc) is 3.39. The number of nitrogens with one attached hydrogen (secondary N) is 2. The first-order valence-corrected chi connectivity index (χ1v) is 21.3.